The number of halogens is 5. The van der Waals surface area contributed by atoms with Crippen molar-refractivity contribution in [1.29, 1.82) is 0 Å². The Bertz CT molecular complexity index is 342. The number of allylic oxidation sites excluding steroid dienone is 1. The number of alkyl halides is 3. The van der Waals surface area contributed by atoms with Crippen LogP contribution in [0.15, 0.2) is 11.0 Å². The molecule has 0 bridgehead atoms. The highest BCUT2D eigenvalue weighted by Crippen LogP contribution is 2.45. The Hall–Kier alpha value is -0.660. The molecule has 1 heterocycles. The van der Waals surface area contributed by atoms with E-state index in [2.05, 4.69) is 0 Å². The van der Waals surface area contributed by atoms with Gasteiger partial charge in [-0.25, -0.2) is 17.2 Å². The number of rotatable bonds is 0. The molecular formula is C4HF5O2S. The summed E-state index contributed by atoms with van der Waals surface area (Å²) in [6.07, 6.45) is 0. The normalized spacial score (nSPS) is 32.6. The molecule has 70 valence electrons. The van der Waals surface area contributed by atoms with Crippen LogP contribution in [0.3, 0.4) is 0 Å². The van der Waals surface area contributed by atoms with Crippen LogP contribution in [-0.4, -0.2) is 19.8 Å². The van der Waals surface area contributed by atoms with Crippen LogP contribution in [0.25, 0.3) is 0 Å². The predicted octanol–water partition coefficient (Wildman–Crippen LogP) is 1.45. The van der Waals surface area contributed by atoms with E-state index < -0.39 is 32.2 Å². The molecule has 0 aromatic rings. The fourth-order valence-corrected chi connectivity index (χ4v) is 1.70. The first-order valence-electron chi connectivity index (χ1n) is 2.54. The van der Waals surface area contributed by atoms with E-state index >= 15 is 0 Å². The summed E-state index contributed by atoms with van der Waals surface area (Å²) < 4.78 is 80.6. The standard InChI is InChI=1S/C4HF5O2S/c5-1-2(6)12(10,11)3(7)4(1,8)9/h3H. The highest BCUT2D eigenvalue weighted by molar-refractivity contribution is 7.95. The second-order valence-electron chi connectivity index (χ2n) is 2.07. The SMILES string of the molecule is O=S1(=O)C(F)=C(F)C(F)(F)C1F. The summed E-state index contributed by atoms with van der Waals surface area (Å²) in [7, 11) is -5.44. The monoisotopic (exact) mass is 208 g/mol. The fourth-order valence-electron chi connectivity index (χ4n) is 0.641. The lowest BCUT2D eigenvalue weighted by Crippen LogP contribution is -2.30. The first kappa shape index (κ1) is 9.43. The molecule has 1 atom stereocenters. The summed E-state index contributed by atoms with van der Waals surface area (Å²) in [4.78, 5) is 0. The number of hydrogen-bond acceptors (Lipinski definition) is 2. The average molecular weight is 208 g/mol. The van der Waals surface area contributed by atoms with E-state index in [1.165, 1.54) is 0 Å². The second kappa shape index (κ2) is 2.18. The molecule has 8 heteroatoms. The lowest BCUT2D eigenvalue weighted by molar-refractivity contribution is -0.0190. The van der Waals surface area contributed by atoms with Gasteiger partial charge in [-0.1, -0.05) is 0 Å². The van der Waals surface area contributed by atoms with Crippen LogP contribution in [0.1, 0.15) is 0 Å². The van der Waals surface area contributed by atoms with E-state index in [4.69, 9.17) is 0 Å². The third-order valence-corrected chi connectivity index (χ3v) is 2.79. The highest BCUT2D eigenvalue weighted by atomic mass is 32.2. The van der Waals surface area contributed by atoms with Gasteiger partial charge in [-0.3, -0.25) is 0 Å². The van der Waals surface area contributed by atoms with E-state index in [0.717, 1.165) is 0 Å². The molecule has 0 aliphatic carbocycles. The molecule has 12 heavy (non-hydrogen) atoms. The van der Waals surface area contributed by atoms with Crippen molar-refractivity contribution >= 4 is 9.84 Å². The molecule has 1 unspecified atom stereocenters. The van der Waals surface area contributed by atoms with Crippen LogP contribution >= 0.6 is 0 Å². The van der Waals surface area contributed by atoms with Gasteiger partial charge in [0.15, 0.2) is 0 Å². The molecule has 0 aromatic carbocycles. The zero-order valence-electron chi connectivity index (χ0n) is 5.19. The van der Waals surface area contributed by atoms with Crippen molar-refractivity contribution in [2.24, 2.45) is 0 Å². The minimum Gasteiger partial charge on any atom is -0.222 e. The lowest BCUT2D eigenvalue weighted by Gasteiger charge is -2.08. The smallest absolute Gasteiger partial charge is 0.222 e. The molecule has 2 nitrogen and oxygen atoms in total. The first-order chi connectivity index (χ1) is 5.22. The molecule has 1 aliphatic rings. The summed E-state index contributed by atoms with van der Waals surface area (Å²) in [6, 6.07) is 0. The van der Waals surface area contributed by atoms with Crippen molar-refractivity contribution in [2.45, 2.75) is 11.4 Å². The van der Waals surface area contributed by atoms with Crippen LogP contribution in [0.2, 0.25) is 0 Å². The number of hydrogen-bond donors (Lipinski definition) is 0. The van der Waals surface area contributed by atoms with Crippen molar-refractivity contribution in [2.75, 3.05) is 0 Å². The fraction of sp³-hybridized carbons (Fsp3) is 0.500. The zero-order valence-corrected chi connectivity index (χ0v) is 6.01. The van der Waals surface area contributed by atoms with Gasteiger partial charge in [0, 0.05) is 0 Å². The van der Waals surface area contributed by atoms with Gasteiger partial charge in [0.25, 0.3) is 10.7 Å². The van der Waals surface area contributed by atoms with Crippen LogP contribution < -0.4 is 0 Å². The van der Waals surface area contributed by atoms with E-state index in [-0.39, 0.29) is 0 Å². The van der Waals surface area contributed by atoms with Crippen molar-refractivity contribution in [1.82, 2.24) is 0 Å². The van der Waals surface area contributed by atoms with Gasteiger partial charge >= 0.3 is 5.92 Å². The molecule has 0 fully saturated rings. The van der Waals surface area contributed by atoms with Crippen molar-refractivity contribution in [3.8, 4) is 0 Å². The number of sulfone groups is 1. The molecule has 0 spiro atoms. The Morgan fingerprint density at radius 1 is 1.25 bits per heavy atom. The quantitative estimate of drug-likeness (QED) is 0.564. The van der Waals surface area contributed by atoms with E-state index in [1.54, 1.807) is 0 Å². The van der Waals surface area contributed by atoms with Gasteiger partial charge < -0.3 is 0 Å². The molecule has 1 aliphatic heterocycles. The topological polar surface area (TPSA) is 34.1 Å². The lowest BCUT2D eigenvalue weighted by atomic mass is 10.3. The van der Waals surface area contributed by atoms with Crippen LogP contribution in [-0.2, 0) is 9.84 Å². The molecule has 1 rings (SSSR count). The summed E-state index contributed by atoms with van der Waals surface area (Å²) in [5, 5.41) is -2.72. The van der Waals surface area contributed by atoms with E-state index in [1.807, 2.05) is 0 Å². The van der Waals surface area contributed by atoms with Gasteiger partial charge in [-0.2, -0.15) is 13.2 Å². The summed E-state index contributed by atoms with van der Waals surface area (Å²) in [6.45, 7) is 0. The molecule has 0 amide bonds. The molecule has 0 N–H and O–H groups in total. The minimum absolute atomic E-state index is 2.72. The second-order valence-corrected chi connectivity index (χ2v) is 3.93. The van der Waals surface area contributed by atoms with Crippen molar-refractivity contribution in [3.05, 3.63) is 11.0 Å². The average Bonchev–Trinajstić information content (AvgIpc) is 2.06. The Morgan fingerprint density at radius 3 is 1.75 bits per heavy atom. The predicted molar refractivity (Wildman–Crippen MR) is 28.0 cm³/mol. The molecule has 0 radical (unpaired) electrons. The molecule has 0 saturated carbocycles. The third-order valence-electron chi connectivity index (χ3n) is 1.27. The third kappa shape index (κ3) is 0.869. The largest absolute Gasteiger partial charge is 0.347 e. The summed E-state index contributed by atoms with van der Waals surface area (Å²) in [5.74, 6) is -7.77. The van der Waals surface area contributed by atoms with E-state index in [9.17, 15) is 30.4 Å². The Labute approximate surface area is 63.6 Å². The van der Waals surface area contributed by atoms with Crippen molar-refractivity contribution < 1.29 is 30.4 Å². The molecular weight excluding hydrogens is 207 g/mol. The van der Waals surface area contributed by atoms with Crippen LogP contribution in [0.4, 0.5) is 22.0 Å². The van der Waals surface area contributed by atoms with Gasteiger partial charge in [0.05, 0.1) is 0 Å². The Morgan fingerprint density at radius 2 is 1.67 bits per heavy atom. The highest BCUT2D eigenvalue weighted by Gasteiger charge is 2.63. The zero-order chi connectivity index (χ0) is 9.73. The maximum atomic E-state index is 12.1. The Kier molecular flexibility index (Phi) is 1.71. The summed E-state index contributed by atoms with van der Waals surface area (Å²) >= 11 is 0. The van der Waals surface area contributed by atoms with Gasteiger partial charge in [0.2, 0.25) is 15.7 Å². The van der Waals surface area contributed by atoms with Gasteiger partial charge in [0.1, 0.15) is 0 Å². The Balaban J connectivity index is 3.42. The van der Waals surface area contributed by atoms with Crippen LogP contribution in [0.5, 0.6) is 0 Å². The maximum absolute atomic E-state index is 12.1. The van der Waals surface area contributed by atoms with Gasteiger partial charge in [-0.15, -0.1) is 0 Å². The van der Waals surface area contributed by atoms with Crippen LogP contribution in [0, 0.1) is 0 Å². The maximum Gasteiger partial charge on any atom is 0.347 e. The molecule has 0 aromatic heterocycles. The minimum atomic E-state index is -5.44. The van der Waals surface area contributed by atoms with E-state index in [0.29, 0.717) is 0 Å². The summed E-state index contributed by atoms with van der Waals surface area (Å²) in [5.41, 5.74) is -3.86. The van der Waals surface area contributed by atoms with Crippen molar-refractivity contribution in [3.63, 3.8) is 0 Å². The molecule has 0 saturated heterocycles. The van der Waals surface area contributed by atoms with Gasteiger partial charge in [-0.05, 0) is 0 Å². The first-order valence-corrected chi connectivity index (χ1v) is 4.08.